The van der Waals surface area contributed by atoms with Crippen LogP contribution < -0.4 is 15.8 Å². The molecule has 0 bridgehead atoms. The lowest BCUT2D eigenvalue weighted by Crippen LogP contribution is -2.39. The van der Waals surface area contributed by atoms with E-state index in [4.69, 9.17) is 15.2 Å². The fraction of sp³-hybridized carbons (Fsp3) is 0.500. The predicted molar refractivity (Wildman–Crippen MR) is 103 cm³/mol. The Labute approximate surface area is 159 Å². The number of benzene rings is 1. The Morgan fingerprint density at radius 3 is 2.81 bits per heavy atom. The van der Waals surface area contributed by atoms with Crippen LogP contribution in [0.15, 0.2) is 35.5 Å². The van der Waals surface area contributed by atoms with E-state index in [0.717, 1.165) is 62.9 Å². The Morgan fingerprint density at radius 1 is 1.30 bits per heavy atom. The highest BCUT2D eigenvalue weighted by Gasteiger charge is 2.09. The van der Waals surface area contributed by atoms with Crippen molar-refractivity contribution in [1.82, 2.24) is 25.2 Å². The van der Waals surface area contributed by atoms with Gasteiger partial charge in [0.15, 0.2) is 5.96 Å². The summed E-state index contributed by atoms with van der Waals surface area (Å²) in [6.45, 7) is 5.90. The van der Waals surface area contributed by atoms with Crippen molar-refractivity contribution in [3.05, 3.63) is 36.2 Å². The second kappa shape index (κ2) is 9.89. The number of nitrogens with zero attached hydrogens (tertiary/aromatic N) is 5. The zero-order valence-electron chi connectivity index (χ0n) is 15.7. The zero-order valence-corrected chi connectivity index (χ0v) is 15.7. The van der Waals surface area contributed by atoms with Gasteiger partial charge in [-0.1, -0.05) is 5.21 Å². The van der Waals surface area contributed by atoms with Gasteiger partial charge in [0, 0.05) is 19.6 Å². The monoisotopic (exact) mass is 373 g/mol. The van der Waals surface area contributed by atoms with Crippen LogP contribution in [0.3, 0.4) is 0 Å². The third-order valence-corrected chi connectivity index (χ3v) is 4.35. The molecule has 0 saturated carbocycles. The standard InChI is InChI=1S/C18H27N7O2/c1-26-17-5-3-16(4-6-17)25-14-15(22-23-25)13-21-18(19)20-7-2-8-24-9-11-27-12-10-24/h3-6,14H,2,7-13H2,1H3,(H3,19,20,21). The number of aromatic nitrogens is 3. The van der Waals surface area contributed by atoms with E-state index in [1.165, 1.54) is 0 Å². The molecule has 0 radical (unpaired) electrons. The summed E-state index contributed by atoms with van der Waals surface area (Å²) in [5.74, 6) is 1.23. The average Bonchev–Trinajstić information content (AvgIpc) is 3.19. The number of aliphatic imine (C=N–C) groups is 1. The molecule has 1 aliphatic heterocycles. The van der Waals surface area contributed by atoms with Crippen LogP contribution in [-0.2, 0) is 11.3 Å². The van der Waals surface area contributed by atoms with E-state index >= 15 is 0 Å². The van der Waals surface area contributed by atoms with Gasteiger partial charge in [0.1, 0.15) is 11.4 Å². The summed E-state index contributed by atoms with van der Waals surface area (Å²) in [7, 11) is 1.64. The molecular weight excluding hydrogens is 346 g/mol. The van der Waals surface area contributed by atoms with E-state index in [1.807, 2.05) is 30.5 Å². The van der Waals surface area contributed by atoms with Crippen molar-refractivity contribution in [2.75, 3.05) is 46.5 Å². The van der Waals surface area contributed by atoms with E-state index < -0.39 is 0 Å². The molecule has 1 aliphatic rings. The molecule has 1 aromatic heterocycles. The topological polar surface area (TPSA) is 103 Å². The van der Waals surface area contributed by atoms with E-state index in [9.17, 15) is 0 Å². The minimum absolute atomic E-state index is 0.387. The van der Waals surface area contributed by atoms with Crippen molar-refractivity contribution >= 4 is 5.96 Å². The van der Waals surface area contributed by atoms with Crippen molar-refractivity contribution in [1.29, 1.82) is 0 Å². The van der Waals surface area contributed by atoms with Crippen molar-refractivity contribution in [2.45, 2.75) is 13.0 Å². The fourth-order valence-electron chi connectivity index (χ4n) is 2.80. The van der Waals surface area contributed by atoms with Crippen LogP contribution >= 0.6 is 0 Å². The maximum Gasteiger partial charge on any atom is 0.188 e. The van der Waals surface area contributed by atoms with Gasteiger partial charge in [0.05, 0.1) is 38.8 Å². The molecule has 0 unspecified atom stereocenters. The normalized spacial score (nSPS) is 15.7. The van der Waals surface area contributed by atoms with Crippen LogP contribution in [-0.4, -0.2) is 72.4 Å². The molecule has 1 fully saturated rings. The average molecular weight is 373 g/mol. The van der Waals surface area contributed by atoms with E-state index in [0.29, 0.717) is 12.5 Å². The highest BCUT2D eigenvalue weighted by molar-refractivity contribution is 5.77. The van der Waals surface area contributed by atoms with Crippen LogP contribution in [0.25, 0.3) is 5.69 Å². The third-order valence-electron chi connectivity index (χ3n) is 4.35. The molecular formula is C18H27N7O2. The van der Waals surface area contributed by atoms with Crippen LogP contribution in [0.4, 0.5) is 0 Å². The third kappa shape index (κ3) is 5.93. The summed E-state index contributed by atoms with van der Waals surface area (Å²) in [5.41, 5.74) is 7.59. The van der Waals surface area contributed by atoms with Crippen molar-refractivity contribution in [3.63, 3.8) is 0 Å². The summed E-state index contributed by atoms with van der Waals surface area (Å²) in [6.07, 6.45) is 2.86. The number of nitrogens with two attached hydrogens (primary N) is 1. The molecule has 0 aliphatic carbocycles. The highest BCUT2D eigenvalue weighted by Crippen LogP contribution is 2.14. The molecule has 9 heteroatoms. The number of guanidine groups is 1. The highest BCUT2D eigenvalue weighted by atomic mass is 16.5. The number of morpholine rings is 1. The van der Waals surface area contributed by atoms with E-state index in [1.54, 1.807) is 11.8 Å². The van der Waals surface area contributed by atoms with Crippen LogP contribution in [0.2, 0.25) is 0 Å². The smallest absolute Gasteiger partial charge is 0.188 e. The number of hydrogen-bond acceptors (Lipinski definition) is 6. The lowest BCUT2D eigenvalue weighted by molar-refractivity contribution is 0.0376. The lowest BCUT2D eigenvalue weighted by Gasteiger charge is -2.26. The molecule has 2 heterocycles. The minimum atomic E-state index is 0.387. The number of methoxy groups -OCH3 is 1. The van der Waals surface area contributed by atoms with Crippen LogP contribution in [0.1, 0.15) is 12.1 Å². The van der Waals surface area contributed by atoms with Gasteiger partial charge in [-0.2, -0.15) is 0 Å². The Balaban J connectivity index is 1.41. The fourth-order valence-corrected chi connectivity index (χ4v) is 2.80. The molecule has 0 spiro atoms. The molecule has 0 amide bonds. The van der Waals surface area contributed by atoms with Crippen molar-refractivity contribution in [3.8, 4) is 11.4 Å². The molecule has 27 heavy (non-hydrogen) atoms. The van der Waals surface area contributed by atoms with Crippen molar-refractivity contribution < 1.29 is 9.47 Å². The number of ether oxygens (including phenoxy) is 2. The summed E-state index contributed by atoms with van der Waals surface area (Å²) in [6, 6.07) is 7.61. The van der Waals surface area contributed by atoms with Gasteiger partial charge >= 0.3 is 0 Å². The number of rotatable bonds is 8. The number of hydrogen-bond donors (Lipinski definition) is 2. The maximum absolute atomic E-state index is 5.93. The van der Waals surface area contributed by atoms with Gasteiger partial charge in [-0.25, -0.2) is 9.67 Å². The molecule has 0 atom stereocenters. The Hall–Kier alpha value is -2.65. The first-order valence-corrected chi connectivity index (χ1v) is 9.14. The molecule has 146 valence electrons. The minimum Gasteiger partial charge on any atom is -0.497 e. The maximum atomic E-state index is 5.93. The summed E-state index contributed by atoms with van der Waals surface area (Å²) < 4.78 is 12.2. The predicted octanol–water partition coefficient (Wildman–Crippen LogP) is 0.403. The zero-order chi connectivity index (χ0) is 18.9. The number of nitrogens with one attached hydrogen (secondary N) is 1. The van der Waals surface area contributed by atoms with Gasteiger partial charge in [-0.15, -0.1) is 5.10 Å². The Morgan fingerprint density at radius 2 is 2.07 bits per heavy atom. The van der Waals surface area contributed by atoms with Gasteiger partial charge in [0.2, 0.25) is 0 Å². The van der Waals surface area contributed by atoms with Crippen LogP contribution in [0, 0.1) is 0 Å². The largest absolute Gasteiger partial charge is 0.497 e. The van der Waals surface area contributed by atoms with Gasteiger partial charge in [-0.05, 0) is 37.2 Å². The SMILES string of the molecule is COc1ccc(-n2cc(CN=C(N)NCCCN3CCOCC3)nn2)cc1. The summed E-state index contributed by atoms with van der Waals surface area (Å²) in [4.78, 5) is 6.73. The molecule has 3 N–H and O–H groups in total. The molecule has 1 aromatic carbocycles. The second-order valence-corrected chi connectivity index (χ2v) is 6.29. The molecule has 9 nitrogen and oxygen atoms in total. The summed E-state index contributed by atoms with van der Waals surface area (Å²) >= 11 is 0. The van der Waals surface area contributed by atoms with E-state index in [-0.39, 0.29) is 0 Å². The molecule has 2 aromatic rings. The van der Waals surface area contributed by atoms with Gasteiger partial charge < -0.3 is 20.5 Å². The molecule has 1 saturated heterocycles. The second-order valence-electron chi connectivity index (χ2n) is 6.29. The lowest BCUT2D eigenvalue weighted by atomic mass is 10.3. The first-order chi connectivity index (χ1) is 13.2. The van der Waals surface area contributed by atoms with Crippen LogP contribution in [0.5, 0.6) is 5.75 Å². The van der Waals surface area contributed by atoms with Gasteiger partial charge in [-0.3, -0.25) is 4.90 Å². The Kier molecular flexibility index (Phi) is 7.00. The first-order valence-electron chi connectivity index (χ1n) is 9.14. The quantitative estimate of drug-likeness (QED) is 0.392. The van der Waals surface area contributed by atoms with Crippen molar-refractivity contribution in [2.24, 2.45) is 10.7 Å². The first kappa shape index (κ1) is 19.1. The van der Waals surface area contributed by atoms with Gasteiger partial charge in [0.25, 0.3) is 0 Å². The van der Waals surface area contributed by atoms with E-state index in [2.05, 4.69) is 25.5 Å². The Bertz CT molecular complexity index is 724. The molecule has 3 rings (SSSR count). The summed E-state index contributed by atoms with van der Waals surface area (Å²) in [5, 5.41) is 11.4.